The van der Waals surface area contributed by atoms with Crippen molar-refractivity contribution in [1.29, 1.82) is 0 Å². The van der Waals surface area contributed by atoms with Crippen LogP contribution < -0.4 is 4.74 Å². The number of ether oxygens (including phenoxy) is 1. The zero-order chi connectivity index (χ0) is 12.5. The molecule has 1 heterocycles. The monoisotopic (exact) mass is 312 g/mol. The van der Waals surface area contributed by atoms with Crippen molar-refractivity contribution < 1.29 is 13.2 Å². The molecule has 0 N–H and O–H groups in total. The molecular weight excluding hydrogens is 303 g/mol. The zero-order valence-corrected chi connectivity index (χ0v) is 11.9. The van der Waals surface area contributed by atoms with Gasteiger partial charge in [0.05, 0.1) is 10.8 Å². The van der Waals surface area contributed by atoms with Crippen LogP contribution in [0.2, 0.25) is 5.02 Å². The maximum Gasteiger partial charge on any atom is 0.236 e. The second kappa shape index (κ2) is 5.26. The van der Waals surface area contributed by atoms with Gasteiger partial charge in [0.2, 0.25) is 9.05 Å². The van der Waals surface area contributed by atoms with Crippen molar-refractivity contribution >= 4 is 43.1 Å². The Morgan fingerprint density at radius 1 is 1.41 bits per heavy atom. The molecular formula is C10H10Cl2O3S2. The number of rotatable bonds is 4. The SMILES string of the molecule is O=S(=O)(Cl)Cc1ccc(OC2CSC2)c(Cl)c1. The van der Waals surface area contributed by atoms with Gasteiger partial charge in [0, 0.05) is 22.2 Å². The summed E-state index contributed by atoms with van der Waals surface area (Å²) in [5, 5.41) is 0.416. The van der Waals surface area contributed by atoms with Crippen molar-refractivity contribution in [3.05, 3.63) is 28.8 Å². The zero-order valence-electron chi connectivity index (χ0n) is 8.73. The van der Waals surface area contributed by atoms with E-state index in [0.717, 1.165) is 11.5 Å². The average Bonchev–Trinajstić information content (AvgIpc) is 2.11. The molecule has 0 spiro atoms. The molecule has 0 aromatic heterocycles. The summed E-state index contributed by atoms with van der Waals surface area (Å²) in [7, 11) is 1.62. The van der Waals surface area contributed by atoms with Crippen LogP contribution in [0.5, 0.6) is 5.75 Å². The molecule has 1 aromatic rings. The molecule has 0 amide bonds. The van der Waals surface area contributed by atoms with Crippen LogP contribution in [-0.2, 0) is 14.8 Å². The lowest BCUT2D eigenvalue weighted by molar-refractivity contribution is 0.240. The van der Waals surface area contributed by atoms with Crippen molar-refractivity contribution in [3.8, 4) is 5.75 Å². The number of thioether (sulfide) groups is 1. The largest absolute Gasteiger partial charge is 0.487 e. The minimum Gasteiger partial charge on any atom is -0.487 e. The molecule has 0 bridgehead atoms. The van der Waals surface area contributed by atoms with Crippen molar-refractivity contribution in [1.82, 2.24) is 0 Å². The normalized spacial score (nSPS) is 16.6. The van der Waals surface area contributed by atoms with Crippen LogP contribution in [0, 0.1) is 0 Å². The van der Waals surface area contributed by atoms with Gasteiger partial charge in [-0.2, -0.15) is 11.8 Å². The lowest BCUT2D eigenvalue weighted by Gasteiger charge is -2.26. The summed E-state index contributed by atoms with van der Waals surface area (Å²) < 4.78 is 27.5. The molecule has 0 aliphatic carbocycles. The fourth-order valence-corrected chi connectivity index (χ4v) is 3.16. The summed E-state index contributed by atoms with van der Waals surface area (Å²) >= 11 is 7.83. The summed E-state index contributed by atoms with van der Waals surface area (Å²) in [5.74, 6) is 2.29. The number of hydrogen-bond donors (Lipinski definition) is 0. The Balaban J connectivity index is 2.10. The summed E-state index contributed by atoms with van der Waals surface area (Å²) in [6, 6.07) is 4.91. The van der Waals surface area contributed by atoms with Gasteiger partial charge in [0.15, 0.2) is 0 Å². The van der Waals surface area contributed by atoms with Crippen LogP contribution in [0.4, 0.5) is 0 Å². The molecule has 0 unspecified atom stereocenters. The van der Waals surface area contributed by atoms with E-state index in [4.69, 9.17) is 27.0 Å². The van der Waals surface area contributed by atoms with E-state index in [9.17, 15) is 8.42 Å². The van der Waals surface area contributed by atoms with Gasteiger partial charge in [-0.05, 0) is 17.7 Å². The second-order valence-electron chi connectivity index (χ2n) is 3.73. The first-order valence-electron chi connectivity index (χ1n) is 4.89. The predicted molar refractivity (Wildman–Crippen MR) is 71.7 cm³/mol. The molecule has 1 aliphatic rings. The van der Waals surface area contributed by atoms with Crippen molar-refractivity contribution in [2.45, 2.75) is 11.9 Å². The second-order valence-corrected chi connectivity index (χ2v) is 7.98. The molecule has 1 fully saturated rings. The maximum absolute atomic E-state index is 10.9. The van der Waals surface area contributed by atoms with Gasteiger partial charge < -0.3 is 4.74 Å². The van der Waals surface area contributed by atoms with Crippen LogP contribution in [0.25, 0.3) is 0 Å². The highest BCUT2D eigenvalue weighted by Gasteiger charge is 2.21. The molecule has 1 saturated heterocycles. The van der Waals surface area contributed by atoms with E-state index in [-0.39, 0.29) is 11.9 Å². The van der Waals surface area contributed by atoms with Crippen LogP contribution in [0.15, 0.2) is 18.2 Å². The first-order chi connectivity index (χ1) is 7.94. The first-order valence-corrected chi connectivity index (χ1v) is 8.90. The first kappa shape index (κ1) is 13.3. The van der Waals surface area contributed by atoms with Gasteiger partial charge in [0.25, 0.3) is 0 Å². The van der Waals surface area contributed by atoms with E-state index < -0.39 is 9.05 Å². The standard InChI is InChI=1S/C10H10Cl2O3S2/c11-9-3-7(6-17(12,13)14)1-2-10(9)15-8-4-16-5-8/h1-3,8H,4-6H2. The molecule has 2 rings (SSSR count). The van der Waals surface area contributed by atoms with Gasteiger partial charge in [-0.25, -0.2) is 8.42 Å². The van der Waals surface area contributed by atoms with Crippen LogP contribution in [0.3, 0.4) is 0 Å². The van der Waals surface area contributed by atoms with Gasteiger partial charge in [0.1, 0.15) is 11.9 Å². The quantitative estimate of drug-likeness (QED) is 0.802. The van der Waals surface area contributed by atoms with Crippen molar-refractivity contribution in [2.75, 3.05) is 11.5 Å². The highest BCUT2D eigenvalue weighted by atomic mass is 35.7. The lowest BCUT2D eigenvalue weighted by Crippen LogP contribution is -2.31. The Morgan fingerprint density at radius 3 is 2.59 bits per heavy atom. The Hall–Kier alpha value is -0.100. The van der Waals surface area contributed by atoms with Crippen LogP contribution in [-0.4, -0.2) is 26.0 Å². The molecule has 3 nitrogen and oxygen atoms in total. The smallest absolute Gasteiger partial charge is 0.236 e. The molecule has 1 aromatic carbocycles. The molecule has 7 heteroatoms. The minimum atomic E-state index is -3.55. The van der Waals surface area contributed by atoms with E-state index in [2.05, 4.69) is 0 Å². The summed E-state index contributed by atoms with van der Waals surface area (Å²) in [5.41, 5.74) is 0.556. The molecule has 0 radical (unpaired) electrons. The Bertz CT molecular complexity index is 512. The third-order valence-corrected chi connectivity index (χ3v) is 4.75. The molecule has 17 heavy (non-hydrogen) atoms. The third kappa shape index (κ3) is 3.95. The Morgan fingerprint density at radius 2 is 2.12 bits per heavy atom. The van der Waals surface area contributed by atoms with Crippen molar-refractivity contribution in [2.24, 2.45) is 0 Å². The van der Waals surface area contributed by atoms with Gasteiger partial charge in [-0.15, -0.1) is 0 Å². The molecule has 1 aliphatic heterocycles. The lowest BCUT2D eigenvalue weighted by atomic mass is 10.2. The van der Waals surface area contributed by atoms with Crippen LogP contribution >= 0.6 is 34.0 Å². The van der Waals surface area contributed by atoms with Gasteiger partial charge in [-0.1, -0.05) is 17.7 Å². The summed E-state index contributed by atoms with van der Waals surface area (Å²) in [6.07, 6.45) is 0.208. The van der Waals surface area contributed by atoms with E-state index in [1.165, 1.54) is 0 Å². The Labute approximate surface area is 114 Å². The van der Waals surface area contributed by atoms with E-state index >= 15 is 0 Å². The number of benzene rings is 1. The molecule has 94 valence electrons. The van der Waals surface area contributed by atoms with Crippen LogP contribution in [0.1, 0.15) is 5.56 Å². The fourth-order valence-electron chi connectivity index (χ4n) is 1.39. The van der Waals surface area contributed by atoms with Crippen molar-refractivity contribution in [3.63, 3.8) is 0 Å². The predicted octanol–water partition coefficient (Wildman–Crippen LogP) is 2.90. The minimum absolute atomic E-state index is 0.208. The average molecular weight is 313 g/mol. The topological polar surface area (TPSA) is 43.4 Å². The Kier molecular flexibility index (Phi) is 4.13. The highest BCUT2D eigenvalue weighted by molar-refractivity contribution is 8.13. The number of halogens is 2. The van der Waals surface area contributed by atoms with Gasteiger partial charge in [-0.3, -0.25) is 0 Å². The van der Waals surface area contributed by atoms with E-state index in [0.29, 0.717) is 16.3 Å². The van der Waals surface area contributed by atoms with Gasteiger partial charge >= 0.3 is 0 Å². The van der Waals surface area contributed by atoms with E-state index in [1.54, 1.807) is 18.2 Å². The molecule has 0 saturated carbocycles. The third-order valence-electron chi connectivity index (χ3n) is 2.24. The number of hydrogen-bond acceptors (Lipinski definition) is 4. The van der Waals surface area contributed by atoms with E-state index in [1.807, 2.05) is 11.8 Å². The summed E-state index contributed by atoms with van der Waals surface area (Å²) in [6.45, 7) is 0. The fraction of sp³-hybridized carbons (Fsp3) is 0.400. The molecule has 0 atom stereocenters. The summed E-state index contributed by atoms with van der Waals surface area (Å²) in [4.78, 5) is 0. The maximum atomic E-state index is 10.9. The highest BCUT2D eigenvalue weighted by Crippen LogP contribution is 2.30.